The Kier molecular flexibility index (Phi) is 4.83. The molecule has 3 heterocycles. The van der Waals surface area contributed by atoms with Gasteiger partial charge >= 0.3 is 0 Å². The zero-order chi connectivity index (χ0) is 18.0. The summed E-state index contributed by atoms with van der Waals surface area (Å²) in [6, 6.07) is 3.33. The average Bonchev–Trinajstić information content (AvgIpc) is 3.07. The van der Waals surface area contributed by atoms with Gasteiger partial charge in [0.25, 0.3) is 5.89 Å². The molecule has 0 aliphatic carbocycles. The van der Waals surface area contributed by atoms with Crippen molar-refractivity contribution >= 4 is 15.9 Å². The second kappa shape index (κ2) is 6.90. The van der Waals surface area contributed by atoms with E-state index in [1.54, 1.807) is 14.0 Å². The molecule has 0 amide bonds. The molecule has 0 aromatic carbocycles. The van der Waals surface area contributed by atoms with Crippen molar-refractivity contribution in [3.05, 3.63) is 17.5 Å². The zero-order valence-corrected chi connectivity index (χ0v) is 15.0. The van der Waals surface area contributed by atoms with Gasteiger partial charge in [0.2, 0.25) is 21.6 Å². The Labute approximate surface area is 146 Å². The van der Waals surface area contributed by atoms with Crippen LogP contribution in [0.2, 0.25) is 0 Å². The summed E-state index contributed by atoms with van der Waals surface area (Å²) in [7, 11) is -2.02. The Morgan fingerprint density at radius 1 is 1.24 bits per heavy atom. The number of aromatic nitrogens is 1. The highest BCUT2D eigenvalue weighted by molar-refractivity contribution is 7.89. The molecule has 0 saturated carbocycles. The van der Waals surface area contributed by atoms with Crippen molar-refractivity contribution in [2.75, 3.05) is 25.5 Å². The molecule has 1 aliphatic rings. The summed E-state index contributed by atoms with van der Waals surface area (Å²) >= 11 is 0. The van der Waals surface area contributed by atoms with Crippen molar-refractivity contribution in [2.45, 2.75) is 37.5 Å². The first-order chi connectivity index (χ1) is 12.0. The number of nitrogens with one attached hydrogen (secondary N) is 1. The van der Waals surface area contributed by atoms with Crippen LogP contribution in [0.5, 0.6) is 0 Å². The predicted octanol–water partition coefficient (Wildman–Crippen LogP) is 2.72. The third-order valence-electron chi connectivity index (χ3n) is 4.23. The molecular formula is C16H20N4O4S. The Morgan fingerprint density at radius 2 is 1.92 bits per heavy atom. The molecule has 0 spiro atoms. The number of furan rings is 1. The Bertz CT molecular complexity index is 899. The molecule has 2 aromatic heterocycles. The number of sulfonamides is 1. The molecule has 1 saturated heterocycles. The SMILES string of the molecule is CNc1oc(-c2cc(S(=O)(=O)N3CCCCCC3)c(C)o2)nc1C#N. The second-order valence-corrected chi connectivity index (χ2v) is 7.81. The maximum atomic E-state index is 12.9. The number of aryl methyl sites for hydroxylation is 1. The van der Waals surface area contributed by atoms with Crippen LogP contribution in [0.25, 0.3) is 11.7 Å². The summed E-state index contributed by atoms with van der Waals surface area (Å²) in [6.07, 6.45) is 3.81. The Hall–Kier alpha value is -2.31. The molecule has 9 heteroatoms. The molecule has 134 valence electrons. The summed E-state index contributed by atoms with van der Waals surface area (Å²) in [5.41, 5.74) is 0.0866. The number of oxazole rings is 1. The quantitative estimate of drug-likeness (QED) is 0.887. The van der Waals surface area contributed by atoms with Crippen LogP contribution in [0.1, 0.15) is 37.1 Å². The second-order valence-electron chi connectivity index (χ2n) is 5.91. The molecule has 25 heavy (non-hydrogen) atoms. The van der Waals surface area contributed by atoms with E-state index < -0.39 is 10.0 Å². The van der Waals surface area contributed by atoms with E-state index in [9.17, 15) is 8.42 Å². The average molecular weight is 364 g/mol. The molecule has 8 nitrogen and oxygen atoms in total. The fraction of sp³-hybridized carbons (Fsp3) is 0.500. The summed E-state index contributed by atoms with van der Waals surface area (Å²) in [5, 5.41) is 11.8. The maximum Gasteiger partial charge on any atom is 0.266 e. The van der Waals surface area contributed by atoms with Crippen LogP contribution >= 0.6 is 0 Å². The monoisotopic (exact) mass is 364 g/mol. The minimum absolute atomic E-state index is 0.0707. The van der Waals surface area contributed by atoms with Crippen LogP contribution in [0.15, 0.2) is 19.8 Å². The molecule has 2 aromatic rings. The summed E-state index contributed by atoms with van der Waals surface area (Å²) in [6.45, 7) is 2.63. The number of nitrogens with zero attached hydrogens (tertiary/aromatic N) is 3. The van der Waals surface area contributed by atoms with E-state index in [-0.39, 0.29) is 33.9 Å². The zero-order valence-electron chi connectivity index (χ0n) is 14.2. The first-order valence-corrected chi connectivity index (χ1v) is 9.61. The van der Waals surface area contributed by atoms with Crippen LogP contribution in [-0.4, -0.2) is 37.8 Å². The van der Waals surface area contributed by atoms with Crippen molar-refractivity contribution < 1.29 is 17.3 Å². The predicted molar refractivity (Wildman–Crippen MR) is 90.4 cm³/mol. The van der Waals surface area contributed by atoms with Crippen LogP contribution in [0, 0.1) is 18.3 Å². The van der Waals surface area contributed by atoms with Crippen molar-refractivity contribution in [3.8, 4) is 17.7 Å². The van der Waals surface area contributed by atoms with Crippen molar-refractivity contribution in [1.29, 1.82) is 5.26 Å². The lowest BCUT2D eigenvalue weighted by Crippen LogP contribution is -2.32. The largest absolute Gasteiger partial charge is 0.455 e. The molecule has 0 unspecified atom stereocenters. The van der Waals surface area contributed by atoms with E-state index in [1.807, 2.05) is 6.07 Å². The highest BCUT2D eigenvalue weighted by atomic mass is 32.2. The minimum Gasteiger partial charge on any atom is -0.455 e. The molecule has 1 fully saturated rings. The molecule has 3 rings (SSSR count). The fourth-order valence-corrected chi connectivity index (χ4v) is 4.60. The van der Waals surface area contributed by atoms with Gasteiger partial charge in [-0.1, -0.05) is 12.8 Å². The molecule has 1 aliphatic heterocycles. The molecule has 0 radical (unpaired) electrons. The lowest BCUT2D eigenvalue weighted by molar-refractivity contribution is 0.421. The van der Waals surface area contributed by atoms with E-state index in [1.165, 1.54) is 10.4 Å². The Balaban J connectivity index is 1.97. The first-order valence-electron chi connectivity index (χ1n) is 8.17. The van der Waals surface area contributed by atoms with Gasteiger partial charge in [0.05, 0.1) is 0 Å². The van der Waals surface area contributed by atoms with Crippen molar-refractivity contribution in [3.63, 3.8) is 0 Å². The number of nitriles is 1. The van der Waals surface area contributed by atoms with E-state index >= 15 is 0 Å². The van der Waals surface area contributed by atoms with Crippen LogP contribution in [-0.2, 0) is 10.0 Å². The van der Waals surface area contributed by atoms with Crippen molar-refractivity contribution in [2.24, 2.45) is 0 Å². The van der Waals surface area contributed by atoms with Crippen LogP contribution in [0.4, 0.5) is 5.88 Å². The van der Waals surface area contributed by atoms with Gasteiger partial charge in [-0.2, -0.15) is 14.6 Å². The van der Waals surface area contributed by atoms with Crippen LogP contribution < -0.4 is 5.32 Å². The highest BCUT2D eigenvalue weighted by Crippen LogP contribution is 2.32. The number of anilines is 1. The topological polar surface area (TPSA) is 112 Å². The van der Waals surface area contributed by atoms with Gasteiger partial charge in [-0.15, -0.1) is 0 Å². The normalized spacial score (nSPS) is 16.4. The van der Waals surface area contributed by atoms with Gasteiger partial charge in [-0.25, -0.2) is 8.42 Å². The van der Waals surface area contributed by atoms with E-state index in [0.29, 0.717) is 13.1 Å². The van der Waals surface area contributed by atoms with Gasteiger partial charge in [0.1, 0.15) is 16.7 Å². The Morgan fingerprint density at radius 3 is 2.48 bits per heavy atom. The standard InChI is InChI=1S/C16H20N4O4S/c1-11-14(25(21,22)20-7-5-3-4-6-8-20)9-13(23-11)16-19-12(10-17)15(18-2)24-16/h9,18H,3-8H2,1-2H3. The van der Waals surface area contributed by atoms with Gasteiger partial charge in [0, 0.05) is 26.2 Å². The minimum atomic E-state index is -3.63. The van der Waals surface area contributed by atoms with E-state index in [0.717, 1.165) is 25.7 Å². The first kappa shape index (κ1) is 17.5. The van der Waals surface area contributed by atoms with Gasteiger partial charge in [-0.05, 0) is 19.8 Å². The molecule has 0 bridgehead atoms. The molecule has 0 atom stereocenters. The highest BCUT2D eigenvalue weighted by Gasteiger charge is 2.30. The summed E-state index contributed by atoms with van der Waals surface area (Å²) in [5.74, 6) is 0.746. The number of hydrogen-bond acceptors (Lipinski definition) is 7. The lowest BCUT2D eigenvalue weighted by Gasteiger charge is -2.19. The van der Waals surface area contributed by atoms with Gasteiger partial charge in [-0.3, -0.25) is 0 Å². The fourth-order valence-electron chi connectivity index (χ4n) is 2.92. The van der Waals surface area contributed by atoms with Gasteiger partial charge < -0.3 is 14.2 Å². The third kappa shape index (κ3) is 3.27. The molecular weight excluding hydrogens is 344 g/mol. The van der Waals surface area contributed by atoms with Crippen molar-refractivity contribution in [1.82, 2.24) is 9.29 Å². The van der Waals surface area contributed by atoms with Gasteiger partial charge in [0.15, 0.2) is 5.76 Å². The lowest BCUT2D eigenvalue weighted by atomic mass is 10.2. The summed E-state index contributed by atoms with van der Waals surface area (Å²) in [4.78, 5) is 4.16. The number of rotatable bonds is 4. The smallest absolute Gasteiger partial charge is 0.266 e. The summed E-state index contributed by atoms with van der Waals surface area (Å²) < 4.78 is 38.4. The van der Waals surface area contributed by atoms with Crippen LogP contribution in [0.3, 0.4) is 0 Å². The third-order valence-corrected chi connectivity index (χ3v) is 6.23. The van der Waals surface area contributed by atoms with E-state index in [4.69, 9.17) is 14.1 Å². The van der Waals surface area contributed by atoms with E-state index in [2.05, 4.69) is 10.3 Å². The molecule has 1 N–H and O–H groups in total. The number of hydrogen-bond donors (Lipinski definition) is 1. The maximum absolute atomic E-state index is 12.9.